The van der Waals surface area contributed by atoms with Crippen molar-refractivity contribution in [2.75, 3.05) is 18.5 Å². The van der Waals surface area contributed by atoms with Gasteiger partial charge in [0.05, 0.1) is 11.1 Å². The molecule has 36 heavy (non-hydrogen) atoms. The van der Waals surface area contributed by atoms with Gasteiger partial charge in [0, 0.05) is 12.2 Å². The molecule has 0 unspecified atom stereocenters. The summed E-state index contributed by atoms with van der Waals surface area (Å²) >= 11 is 3.41. The summed E-state index contributed by atoms with van der Waals surface area (Å²) in [4.78, 5) is 24.8. The lowest BCUT2D eigenvalue weighted by Gasteiger charge is -2.15. The van der Waals surface area contributed by atoms with Crippen molar-refractivity contribution in [1.29, 1.82) is 5.26 Å². The summed E-state index contributed by atoms with van der Waals surface area (Å²) in [6.45, 7) is 2.08. The van der Waals surface area contributed by atoms with Crippen molar-refractivity contribution in [3.05, 3.63) is 93.7 Å². The molecule has 2 amide bonds. The van der Waals surface area contributed by atoms with Gasteiger partial charge >= 0.3 is 0 Å². The van der Waals surface area contributed by atoms with E-state index in [1.807, 2.05) is 36.4 Å². The van der Waals surface area contributed by atoms with Crippen LogP contribution in [0.1, 0.15) is 18.1 Å². The Morgan fingerprint density at radius 2 is 1.81 bits per heavy atom. The second kappa shape index (κ2) is 13.1. The van der Waals surface area contributed by atoms with Gasteiger partial charge in [0.25, 0.3) is 11.8 Å². The molecule has 0 saturated carbocycles. The van der Waals surface area contributed by atoms with Gasteiger partial charge in [-0.2, -0.15) is 5.26 Å². The molecular weight excluding hydrogens is 529 g/mol. The number of halogens is 2. The minimum absolute atomic E-state index is 0.0763. The van der Waals surface area contributed by atoms with Crippen LogP contribution in [0.15, 0.2) is 76.8 Å². The number of hydrogen-bond donors (Lipinski definition) is 2. The van der Waals surface area contributed by atoms with Crippen LogP contribution in [0.25, 0.3) is 6.08 Å². The van der Waals surface area contributed by atoms with Crippen LogP contribution in [0.4, 0.5) is 10.1 Å². The number of nitriles is 1. The molecule has 0 aliphatic rings. The van der Waals surface area contributed by atoms with Crippen molar-refractivity contribution < 1.29 is 23.5 Å². The minimum atomic E-state index is -0.506. The standard InChI is InChI=1S/C27H23BrFN3O4/c1-2-35-24-14-19(12-20(15-30)27(34)31-16-18-6-4-3-5-7-18)13-23(28)26(24)36-17-25(33)32-22-10-8-21(29)9-11-22/h3-14H,2,16-17H2,1H3,(H,31,34)(H,32,33)/b20-12+. The van der Waals surface area contributed by atoms with E-state index in [1.165, 1.54) is 30.3 Å². The first-order valence-corrected chi connectivity index (χ1v) is 11.8. The number of nitrogens with one attached hydrogen (secondary N) is 2. The molecule has 0 aromatic heterocycles. The molecule has 3 aromatic carbocycles. The molecule has 0 spiro atoms. The molecule has 0 radical (unpaired) electrons. The van der Waals surface area contributed by atoms with Gasteiger partial charge < -0.3 is 20.1 Å². The highest BCUT2D eigenvalue weighted by atomic mass is 79.9. The Hall–Kier alpha value is -4.16. The van der Waals surface area contributed by atoms with Gasteiger partial charge in [0.15, 0.2) is 18.1 Å². The van der Waals surface area contributed by atoms with Crippen LogP contribution in [-0.2, 0) is 16.1 Å². The molecule has 2 N–H and O–H groups in total. The SMILES string of the molecule is CCOc1cc(/C=C(\C#N)C(=O)NCc2ccccc2)cc(Br)c1OCC(=O)Nc1ccc(F)cc1. The Morgan fingerprint density at radius 1 is 1.08 bits per heavy atom. The van der Waals surface area contributed by atoms with Crippen molar-refractivity contribution in [2.24, 2.45) is 0 Å². The van der Waals surface area contributed by atoms with Crippen LogP contribution in [0, 0.1) is 17.1 Å². The van der Waals surface area contributed by atoms with Crippen LogP contribution in [0.3, 0.4) is 0 Å². The number of amides is 2. The molecule has 0 heterocycles. The predicted octanol–water partition coefficient (Wildman–Crippen LogP) is 5.23. The monoisotopic (exact) mass is 551 g/mol. The van der Waals surface area contributed by atoms with Gasteiger partial charge in [0.2, 0.25) is 0 Å². The molecule has 0 atom stereocenters. The fourth-order valence-electron chi connectivity index (χ4n) is 3.13. The van der Waals surface area contributed by atoms with Gasteiger partial charge in [-0.25, -0.2) is 4.39 Å². The number of anilines is 1. The number of hydrogen-bond acceptors (Lipinski definition) is 5. The molecule has 184 valence electrons. The number of ether oxygens (including phenoxy) is 2. The predicted molar refractivity (Wildman–Crippen MR) is 138 cm³/mol. The van der Waals surface area contributed by atoms with Crippen molar-refractivity contribution in [2.45, 2.75) is 13.5 Å². The normalized spacial score (nSPS) is 10.8. The van der Waals surface area contributed by atoms with Gasteiger partial charge in [-0.05, 0) is 76.5 Å². The van der Waals surface area contributed by atoms with E-state index in [-0.39, 0.29) is 17.9 Å². The highest BCUT2D eigenvalue weighted by molar-refractivity contribution is 9.10. The van der Waals surface area contributed by atoms with Crippen LogP contribution in [-0.4, -0.2) is 25.0 Å². The Balaban J connectivity index is 1.72. The van der Waals surface area contributed by atoms with Gasteiger partial charge in [0.1, 0.15) is 17.5 Å². The zero-order valence-corrected chi connectivity index (χ0v) is 21.0. The average Bonchev–Trinajstić information content (AvgIpc) is 2.87. The highest BCUT2D eigenvalue weighted by Crippen LogP contribution is 2.37. The van der Waals surface area contributed by atoms with E-state index in [4.69, 9.17) is 9.47 Å². The zero-order valence-electron chi connectivity index (χ0n) is 19.4. The Labute approximate surface area is 216 Å². The lowest BCUT2D eigenvalue weighted by Crippen LogP contribution is -2.23. The number of benzene rings is 3. The molecule has 0 saturated heterocycles. The first-order valence-electron chi connectivity index (χ1n) is 11.0. The van der Waals surface area contributed by atoms with Gasteiger partial charge in [-0.1, -0.05) is 30.3 Å². The summed E-state index contributed by atoms with van der Waals surface area (Å²) in [6, 6.07) is 19.9. The number of carbonyl (C=O) groups excluding carboxylic acids is 2. The number of rotatable bonds is 10. The Kier molecular flexibility index (Phi) is 9.60. The minimum Gasteiger partial charge on any atom is -0.490 e. The van der Waals surface area contributed by atoms with Crippen molar-refractivity contribution in [3.63, 3.8) is 0 Å². The third-order valence-corrected chi connectivity index (χ3v) is 5.37. The van der Waals surface area contributed by atoms with E-state index in [0.29, 0.717) is 34.6 Å². The highest BCUT2D eigenvalue weighted by Gasteiger charge is 2.16. The van der Waals surface area contributed by atoms with Crippen molar-refractivity contribution in [1.82, 2.24) is 5.32 Å². The smallest absolute Gasteiger partial charge is 0.262 e. The Morgan fingerprint density at radius 3 is 2.47 bits per heavy atom. The summed E-state index contributed by atoms with van der Waals surface area (Å²) in [7, 11) is 0. The van der Waals surface area contributed by atoms with E-state index < -0.39 is 17.6 Å². The average molecular weight is 552 g/mol. The van der Waals surface area contributed by atoms with Crippen LogP contribution >= 0.6 is 15.9 Å². The van der Waals surface area contributed by atoms with E-state index in [0.717, 1.165) is 5.56 Å². The first-order chi connectivity index (χ1) is 17.4. The zero-order chi connectivity index (χ0) is 25.9. The van der Waals surface area contributed by atoms with Crippen molar-refractivity contribution >= 4 is 39.5 Å². The fourth-order valence-corrected chi connectivity index (χ4v) is 3.71. The number of carbonyl (C=O) groups is 2. The second-order valence-electron chi connectivity index (χ2n) is 7.44. The summed E-state index contributed by atoms with van der Waals surface area (Å²) in [5.74, 6) is -0.739. The van der Waals surface area contributed by atoms with Crippen molar-refractivity contribution in [3.8, 4) is 17.6 Å². The maximum absolute atomic E-state index is 13.0. The molecule has 7 nitrogen and oxygen atoms in total. The van der Waals surface area contributed by atoms with Crippen LogP contribution in [0.2, 0.25) is 0 Å². The van der Waals surface area contributed by atoms with E-state index in [1.54, 1.807) is 19.1 Å². The third kappa shape index (κ3) is 7.68. The van der Waals surface area contributed by atoms with Gasteiger partial charge in [-0.3, -0.25) is 9.59 Å². The van der Waals surface area contributed by atoms with Crippen LogP contribution in [0.5, 0.6) is 11.5 Å². The fraction of sp³-hybridized carbons (Fsp3) is 0.148. The quantitative estimate of drug-likeness (QED) is 0.265. The molecule has 3 rings (SSSR count). The molecular formula is C27H23BrFN3O4. The molecule has 0 bridgehead atoms. The van der Waals surface area contributed by atoms with E-state index in [2.05, 4.69) is 26.6 Å². The molecule has 0 aliphatic carbocycles. The molecule has 0 aliphatic heterocycles. The van der Waals surface area contributed by atoms with Gasteiger partial charge in [-0.15, -0.1) is 0 Å². The Bertz CT molecular complexity index is 1290. The summed E-state index contributed by atoms with van der Waals surface area (Å²) in [5, 5.41) is 14.9. The summed E-state index contributed by atoms with van der Waals surface area (Å²) in [6.07, 6.45) is 1.44. The maximum Gasteiger partial charge on any atom is 0.262 e. The summed E-state index contributed by atoms with van der Waals surface area (Å²) in [5.41, 5.74) is 1.80. The second-order valence-corrected chi connectivity index (χ2v) is 8.30. The first kappa shape index (κ1) is 26.4. The number of nitrogens with zero attached hydrogens (tertiary/aromatic N) is 1. The van der Waals surface area contributed by atoms with E-state index in [9.17, 15) is 19.2 Å². The summed E-state index contributed by atoms with van der Waals surface area (Å²) < 4.78 is 24.8. The molecule has 9 heteroatoms. The molecule has 0 fully saturated rings. The third-order valence-electron chi connectivity index (χ3n) is 4.78. The molecule has 3 aromatic rings. The topological polar surface area (TPSA) is 100 Å². The van der Waals surface area contributed by atoms with E-state index >= 15 is 0 Å². The largest absolute Gasteiger partial charge is 0.490 e. The van der Waals surface area contributed by atoms with Crippen LogP contribution < -0.4 is 20.1 Å². The lowest BCUT2D eigenvalue weighted by atomic mass is 10.1. The lowest BCUT2D eigenvalue weighted by molar-refractivity contribution is -0.118. The maximum atomic E-state index is 13.0.